The van der Waals surface area contributed by atoms with E-state index >= 15 is 0 Å². The first-order valence-electron chi connectivity index (χ1n) is 5.53. The van der Waals surface area contributed by atoms with Gasteiger partial charge in [0.25, 0.3) is 6.43 Å². The number of hydrogen-bond acceptors (Lipinski definition) is 3. The maximum Gasteiger partial charge on any atom is 0.258 e. The van der Waals surface area contributed by atoms with Crippen molar-refractivity contribution in [3.8, 4) is 0 Å². The van der Waals surface area contributed by atoms with Crippen LogP contribution in [0.5, 0.6) is 0 Å². The molecule has 1 atom stereocenters. The number of pyridine rings is 1. The Kier molecular flexibility index (Phi) is 4.42. The average Bonchev–Trinajstić information content (AvgIpc) is 2.30. The van der Waals surface area contributed by atoms with Crippen LogP contribution in [0.2, 0.25) is 0 Å². The number of nitrogens with one attached hydrogen (secondary N) is 1. The molecule has 6 heteroatoms. The van der Waals surface area contributed by atoms with E-state index in [0.29, 0.717) is 23.3 Å². The summed E-state index contributed by atoms with van der Waals surface area (Å²) in [4.78, 5) is 5.79. The van der Waals surface area contributed by atoms with Gasteiger partial charge in [-0.05, 0) is 33.6 Å². The quantitative estimate of drug-likeness (QED) is 0.867. The van der Waals surface area contributed by atoms with Crippen molar-refractivity contribution in [3.05, 3.63) is 28.5 Å². The Morgan fingerprint density at radius 2 is 2.06 bits per heavy atom. The van der Waals surface area contributed by atoms with Gasteiger partial charge in [0.15, 0.2) is 0 Å². The van der Waals surface area contributed by atoms with Crippen molar-refractivity contribution in [1.82, 2.24) is 15.2 Å². The highest BCUT2D eigenvalue weighted by Gasteiger charge is 2.30. The Labute approximate surface area is 107 Å². The Bertz CT molecular complexity index is 369. The normalized spacial score (nSPS) is 19.5. The van der Waals surface area contributed by atoms with Gasteiger partial charge in [0.1, 0.15) is 4.60 Å². The molecule has 17 heavy (non-hydrogen) atoms. The lowest BCUT2D eigenvalue weighted by Gasteiger charge is -2.34. The summed E-state index contributed by atoms with van der Waals surface area (Å²) in [6.45, 7) is 2.81. The first-order valence-corrected chi connectivity index (χ1v) is 6.32. The monoisotopic (exact) mass is 305 g/mol. The Hall–Kier alpha value is -0.590. The van der Waals surface area contributed by atoms with Crippen LogP contribution in [0.1, 0.15) is 11.6 Å². The SMILES string of the molecule is FC(F)[C@H](c1ccnc(Br)c1)N1CCNCC1. The van der Waals surface area contributed by atoms with Gasteiger partial charge in [0.05, 0.1) is 6.04 Å². The summed E-state index contributed by atoms with van der Waals surface area (Å²) >= 11 is 3.22. The molecule has 2 heterocycles. The molecule has 1 N–H and O–H groups in total. The summed E-state index contributed by atoms with van der Waals surface area (Å²) in [7, 11) is 0. The lowest BCUT2D eigenvalue weighted by molar-refractivity contribution is 0.0181. The van der Waals surface area contributed by atoms with Gasteiger partial charge in [-0.3, -0.25) is 4.90 Å². The Morgan fingerprint density at radius 3 is 2.65 bits per heavy atom. The van der Waals surface area contributed by atoms with E-state index in [1.807, 2.05) is 4.90 Å². The third-order valence-electron chi connectivity index (χ3n) is 2.88. The molecular formula is C11H14BrF2N3. The van der Waals surface area contributed by atoms with Gasteiger partial charge < -0.3 is 5.32 Å². The molecule has 0 unspecified atom stereocenters. The van der Waals surface area contributed by atoms with Gasteiger partial charge in [-0.15, -0.1) is 0 Å². The van der Waals surface area contributed by atoms with E-state index in [-0.39, 0.29) is 0 Å². The van der Waals surface area contributed by atoms with E-state index in [2.05, 4.69) is 26.2 Å². The summed E-state index contributed by atoms with van der Waals surface area (Å²) in [6.07, 6.45) is -0.834. The molecular weight excluding hydrogens is 292 g/mol. The zero-order valence-corrected chi connectivity index (χ0v) is 10.8. The summed E-state index contributed by atoms with van der Waals surface area (Å²) in [5.74, 6) is 0. The third-order valence-corrected chi connectivity index (χ3v) is 3.31. The van der Waals surface area contributed by atoms with Crippen LogP contribution in [0, 0.1) is 0 Å². The highest BCUT2D eigenvalue weighted by atomic mass is 79.9. The minimum Gasteiger partial charge on any atom is -0.314 e. The van der Waals surface area contributed by atoms with Crippen molar-refractivity contribution < 1.29 is 8.78 Å². The third kappa shape index (κ3) is 3.20. The van der Waals surface area contributed by atoms with Gasteiger partial charge in [-0.2, -0.15) is 0 Å². The maximum atomic E-state index is 13.2. The van der Waals surface area contributed by atoms with Crippen LogP contribution >= 0.6 is 15.9 Å². The van der Waals surface area contributed by atoms with Gasteiger partial charge in [0.2, 0.25) is 0 Å². The summed E-state index contributed by atoms with van der Waals surface area (Å²) in [6, 6.07) is 2.49. The minimum absolute atomic E-state index is 0.593. The van der Waals surface area contributed by atoms with E-state index in [9.17, 15) is 8.78 Å². The molecule has 3 nitrogen and oxygen atoms in total. The predicted molar refractivity (Wildman–Crippen MR) is 65.1 cm³/mol. The smallest absolute Gasteiger partial charge is 0.258 e. The zero-order valence-electron chi connectivity index (χ0n) is 9.24. The van der Waals surface area contributed by atoms with Crippen LogP contribution < -0.4 is 5.32 Å². The topological polar surface area (TPSA) is 28.2 Å². The second-order valence-corrected chi connectivity index (χ2v) is 4.79. The lowest BCUT2D eigenvalue weighted by atomic mass is 10.1. The van der Waals surface area contributed by atoms with Crippen LogP contribution in [0.25, 0.3) is 0 Å². The average molecular weight is 306 g/mol. The number of rotatable bonds is 3. The van der Waals surface area contributed by atoms with Gasteiger partial charge in [-0.1, -0.05) is 0 Å². The molecule has 0 amide bonds. The summed E-state index contributed by atoms with van der Waals surface area (Å²) in [5.41, 5.74) is 0.615. The number of hydrogen-bond donors (Lipinski definition) is 1. The molecule has 0 radical (unpaired) electrons. The van der Waals surface area contributed by atoms with Crippen molar-refractivity contribution in [3.63, 3.8) is 0 Å². The molecule has 1 aliphatic heterocycles. The first-order chi connectivity index (χ1) is 8.18. The number of aromatic nitrogens is 1. The summed E-state index contributed by atoms with van der Waals surface area (Å²) in [5, 5.41) is 3.16. The van der Waals surface area contributed by atoms with E-state index in [0.717, 1.165) is 13.1 Å². The maximum absolute atomic E-state index is 13.2. The number of nitrogens with zero attached hydrogens (tertiary/aromatic N) is 2. The standard InChI is InChI=1S/C11H14BrF2N3/c12-9-7-8(1-2-16-9)10(11(13)14)17-5-3-15-4-6-17/h1-2,7,10-11,15H,3-6H2/t10-/m0/s1. The van der Waals surface area contributed by atoms with Crippen molar-refractivity contribution in [2.24, 2.45) is 0 Å². The van der Waals surface area contributed by atoms with Crippen molar-refractivity contribution in [1.29, 1.82) is 0 Å². The number of piperazine rings is 1. The molecule has 0 aromatic carbocycles. The Balaban J connectivity index is 2.21. The molecule has 1 saturated heterocycles. The molecule has 1 aromatic heterocycles. The Morgan fingerprint density at radius 1 is 1.35 bits per heavy atom. The van der Waals surface area contributed by atoms with Crippen LogP contribution in [0.3, 0.4) is 0 Å². The fraction of sp³-hybridized carbons (Fsp3) is 0.545. The van der Waals surface area contributed by atoms with Crippen molar-refractivity contribution >= 4 is 15.9 Å². The highest BCUT2D eigenvalue weighted by Crippen LogP contribution is 2.28. The molecule has 2 rings (SSSR count). The molecule has 1 aromatic rings. The summed E-state index contributed by atoms with van der Waals surface area (Å²) < 4.78 is 27.0. The molecule has 1 fully saturated rings. The molecule has 0 saturated carbocycles. The van der Waals surface area contributed by atoms with Crippen LogP contribution in [-0.4, -0.2) is 42.5 Å². The molecule has 0 bridgehead atoms. The van der Waals surface area contributed by atoms with E-state index in [1.54, 1.807) is 18.3 Å². The van der Waals surface area contributed by atoms with Gasteiger partial charge in [-0.25, -0.2) is 13.8 Å². The van der Waals surface area contributed by atoms with Crippen molar-refractivity contribution in [2.45, 2.75) is 12.5 Å². The van der Waals surface area contributed by atoms with Gasteiger partial charge >= 0.3 is 0 Å². The second kappa shape index (κ2) is 5.84. The first kappa shape index (κ1) is 12.9. The fourth-order valence-corrected chi connectivity index (χ4v) is 2.46. The van der Waals surface area contributed by atoms with E-state index < -0.39 is 12.5 Å². The lowest BCUT2D eigenvalue weighted by Crippen LogP contribution is -2.46. The second-order valence-electron chi connectivity index (χ2n) is 3.98. The largest absolute Gasteiger partial charge is 0.314 e. The number of alkyl halides is 2. The van der Waals surface area contributed by atoms with E-state index in [1.165, 1.54) is 0 Å². The fourth-order valence-electron chi connectivity index (χ4n) is 2.08. The zero-order chi connectivity index (χ0) is 12.3. The van der Waals surface area contributed by atoms with Gasteiger partial charge in [0, 0.05) is 32.4 Å². The molecule has 94 valence electrons. The molecule has 0 aliphatic carbocycles. The van der Waals surface area contributed by atoms with E-state index in [4.69, 9.17) is 0 Å². The minimum atomic E-state index is -2.39. The predicted octanol–water partition coefficient (Wildman–Crippen LogP) is 2.06. The van der Waals surface area contributed by atoms with Crippen LogP contribution in [-0.2, 0) is 0 Å². The van der Waals surface area contributed by atoms with Crippen molar-refractivity contribution in [2.75, 3.05) is 26.2 Å². The highest BCUT2D eigenvalue weighted by molar-refractivity contribution is 9.10. The molecule has 0 spiro atoms. The van der Waals surface area contributed by atoms with Crippen LogP contribution in [0.4, 0.5) is 8.78 Å². The van der Waals surface area contributed by atoms with Crippen LogP contribution in [0.15, 0.2) is 22.9 Å². The number of halogens is 3. The molecule has 1 aliphatic rings.